The lowest BCUT2D eigenvalue weighted by atomic mass is 9.78. The molecular formula is C12H23N. The van der Waals surface area contributed by atoms with Gasteiger partial charge in [-0.15, -0.1) is 0 Å². The molecule has 1 nitrogen and oxygen atoms in total. The summed E-state index contributed by atoms with van der Waals surface area (Å²) >= 11 is 0. The Hall–Kier alpha value is -0.0400. The molecule has 2 rings (SSSR count). The molecule has 0 aliphatic heterocycles. The van der Waals surface area contributed by atoms with Crippen molar-refractivity contribution in [3.05, 3.63) is 0 Å². The Kier molecular flexibility index (Phi) is 2.92. The summed E-state index contributed by atoms with van der Waals surface area (Å²) < 4.78 is 0. The fourth-order valence-electron chi connectivity index (χ4n) is 2.51. The van der Waals surface area contributed by atoms with Crippen LogP contribution in [0, 0.1) is 17.8 Å². The highest BCUT2D eigenvalue weighted by Crippen LogP contribution is 2.32. The highest BCUT2D eigenvalue weighted by molar-refractivity contribution is 4.84. The first kappa shape index (κ1) is 9.51. The van der Waals surface area contributed by atoms with Crippen molar-refractivity contribution in [3.63, 3.8) is 0 Å². The first-order valence-corrected chi connectivity index (χ1v) is 6.00. The molecule has 13 heavy (non-hydrogen) atoms. The van der Waals surface area contributed by atoms with E-state index < -0.39 is 0 Å². The summed E-state index contributed by atoms with van der Waals surface area (Å²) in [5.41, 5.74) is 0. The molecule has 3 unspecified atom stereocenters. The molecule has 2 aliphatic carbocycles. The number of hydrogen-bond donors (Lipinski definition) is 1. The van der Waals surface area contributed by atoms with Crippen LogP contribution in [0.1, 0.15) is 46.0 Å². The average molecular weight is 181 g/mol. The first-order chi connectivity index (χ1) is 6.27. The molecule has 2 saturated carbocycles. The van der Waals surface area contributed by atoms with E-state index in [2.05, 4.69) is 19.2 Å². The van der Waals surface area contributed by atoms with Crippen LogP contribution in [0.4, 0.5) is 0 Å². The van der Waals surface area contributed by atoms with Gasteiger partial charge in [-0.2, -0.15) is 0 Å². The van der Waals surface area contributed by atoms with E-state index in [1.54, 1.807) is 0 Å². The lowest BCUT2D eigenvalue weighted by Crippen LogP contribution is -2.41. The molecule has 0 bridgehead atoms. The van der Waals surface area contributed by atoms with Gasteiger partial charge in [0.1, 0.15) is 0 Å². The minimum absolute atomic E-state index is 0.823. The lowest BCUT2D eigenvalue weighted by molar-refractivity contribution is 0.206. The zero-order chi connectivity index (χ0) is 9.26. The third-order valence-electron chi connectivity index (χ3n) is 4.07. The maximum atomic E-state index is 3.76. The van der Waals surface area contributed by atoms with Gasteiger partial charge < -0.3 is 5.32 Å². The van der Waals surface area contributed by atoms with Gasteiger partial charge in [0.15, 0.2) is 0 Å². The van der Waals surface area contributed by atoms with Crippen LogP contribution in [0.15, 0.2) is 0 Å². The fourth-order valence-corrected chi connectivity index (χ4v) is 2.51. The van der Waals surface area contributed by atoms with Crippen LogP contribution in [0.3, 0.4) is 0 Å². The zero-order valence-electron chi connectivity index (χ0n) is 9.05. The normalized spacial score (nSPS) is 40.6. The van der Waals surface area contributed by atoms with Gasteiger partial charge in [-0.3, -0.25) is 0 Å². The Bertz CT molecular complexity index is 163. The number of nitrogens with one attached hydrogen (secondary N) is 1. The second-order valence-corrected chi connectivity index (χ2v) is 5.23. The summed E-state index contributed by atoms with van der Waals surface area (Å²) in [6.45, 7) is 6.13. The van der Waals surface area contributed by atoms with Crippen LogP contribution in [-0.4, -0.2) is 12.6 Å². The zero-order valence-corrected chi connectivity index (χ0v) is 9.05. The van der Waals surface area contributed by atoms with Crippen LogP contribution in [0.25, 0.3) is 0 Å². The first-order valence-electron chi connectivity index (χ1n) is 6.00. The molecule has 2 fully saturated rings. The summed E-state index contributed by atoms with van der Waals surface area (Å²) in [5.74, 6) is 2.86. The SMILES string of the molecule is CC1CCCC(NCC2CC2)C1C. The summed E-state index contributed by atoms with van der Waals surface area (Å²) in [5, 5.41) is 3.76. The molecule has 0 heterocycles. The lowest BCUT2D eigenvalue weighted by Gasteiger charge is -2.34. The summed E-state index contributed by atoms with van der Waals surface area (Å²) in [7, 11) is 0. The molecule has 0 aromatic rings. The van der Waals surface area contributed by atoms with Gasteiger partial charge in [-0.05, 0) is 43.6 Å². The van der Waals surface area contributed by atoms with E-state index in [-0.39, 0.29) is 0 Å². The topological polar surface area (TPSA) is 12.0 Å². The Morgan fingerprint density at radius 1 is 1.08 bits per heavy atom. The predicted octanol–water partition coefficient (Wildman–Crippen LogP) is 2.81. The van der Waals surface area contributed by atoms with Gasteiger partial charge in [-0.25, -0.2) is 0 Å². The molecule has 0 amide bonds. The Labute approximate surface area is 82.3 Å². The molecule has 76 valence electrons. The van der Waals surface area contributed by atoms with Crippen molar-refractivity contribution in [2.75, 3.05) is 6.54 Å². The van der Waals surface area contributed by atoms with Gasteiger partial charge in [-0.1, -0.05) is 26.7 Å². The van der Waals surface area contributed by atoms with Crippen LogP contribution in [0.2, 0.25) is 0 Å². The van der Waals surface area contributed by atoms with Crippen molar-refractivity contribution in [3.8, 4) is 0 Å². The van der Waals surface area contributed by atoms with Crippen molar-refractivity contribution >= 4 is 0 Å². The smallest absolute Gasteiger partial charge is 0.00953 e. The maximum absolute atomic E-state index is 3.76. The molecular weight excluding hydrogens is 158 g/mol. The third-order valence-corrected chi connectivity index (χ3v) is 4.07. The molecule has 0 aromatic heterocycles. The fraction of sp³-hybridized carbons (Fsp3) is 1.00. The van der Waals surface area contributed by atoms with Crippen molar-refractivity contribution in [1.82, 2.24) is 5.32 Å². The van der Waals surface area contributed by atoms with Gasteiger partial charge in [0, 0.05) is 6.04 Å². The number of rotatable bonds is 3. The molecule has 0 aromatic carbocycles. The van der Waals surface area contributed by atoms with Crippen LogP contribution in [0.5, 0.6) is 0 Å². The van der Waals surface area contributed by atoms with E-state index in [1.807, 2.05) is 0 Å². The van der Waals surface area contributed by atoms with E-state index in [0.717, 1.165) is 23.8 Å². The third kappa shape index (κ3) is 2.46. The van der Waals surface area contributed by atoms with E-state index in [9.17, 15) is 0 Å². The Morgan fingerprint density at radius 2 is 1.85 bits per heavy atom. The second kappa shape index (κ2) is 4.00. The van der Waals surface area contributed by atoms with Crippen molar-refractivity contribution in [2.45, 2.75) is 52.0 Å². The molecule has 0 saturated heterocycles. The standard InChI is InChI=1S/C12H23N/c1-9-4-3-5-12(10(9)2)13-8-11-6-7-11/h9-13H,3-8H2,1-2H3. The largest absolute Gasteiger partial charge is 0.313 e. The van der Waals surface area contributed by atoms with E-state index in [0.29, 0.717) is 0 Å². The highest BCUT2D eigenvalue weighted by Gasteiger charge is 2.28. The predicted molar refractivity (Wildman–Crippen MR) is 56.7 cm³/mol. The van der Waals surface area contributed by atoms with Crippen molar-refractivity contribution < 1.29 is 0 Å². The van der Waals surface area contributed by atoms with Crippen LogP contribution >= 0.6 is 0 Å². The van der Waals surface area contributed by atoms with Crippen molar-refractivity contribution in [1.29, 1.82) is 0 Å². The quantitative estimate of drug-likeness (QED) is 0.706. The summed E-state index contributed by atoms with van der Waals surface area (Å²) in [6.07, 6.45) is 7.25. The van der Waals surface area contributed by atoms with Gasteiger partial charge in [0.2, 0.25) is 0 Å². The van der Waals surface area contributed by atoms with E-state index >= 15 is 0 Å². The molecule has 3 atom stereocenters. The summed E-state index contributed by atoms with van der Waals surface area (Å²) in [6, 6.07) is 0.823. The molecule has 0 spiro atoms. The van der Waals surface area contributed by atoms with Crippen LogP contribution < -0.4 is 5.32 Å². The average Bonchev–Trinajstić information content (AvgIpc) is 2.91. The van der Waals surface area contributed by atoms with E-state index in [4.69, 9.17) is 0 Å². The molecule has 0 radical (unpaired) electrons. The number of hydrogen-bond acceptors (Lipinski definition) is 1. The Morgan fingerprint density at radius 3 is 2.54 bits per heavy atom. The van der Waals surface area contributed by atoms with Crippen LogP contribution in [-0.2, 0) is 0 Å². The van der Waals surface area contributed by atoms with E-state index in [1.165, 1.54) is 38.6 Å². The minimum Gasteiger partial charge on any atom is -0.313 e. The minimum atomic E-state index is 0.823. The monoisotopic (exact) mass is 181 g/mol. The van der Waals surface area contributed by atoms with Gasteiger partial charge >= 0.3 is 0 Å². The van der Waals surface area contributed by atoms with Gasteiger partial charge in [0.25, 0.3) is 0 Å². The van der Waals surface area contributed by atoms with Crippen molar-refractivity contribution in [2.24, 2.45) is 17.8 Å². The highest BCUT2D eigenvalue weighted by atomic mass is 14.9. The molecule has 1 N–H and O–H groups in total. The second-order valence-electron chi connectivity index (χ2n) is 5.23. The Balaban J connectivity index is 1.75. The molecule has 1 heteroatoms. The summed E-state index contributed by atoms with van der Waals surface area (Å²) in [4.78, 5) is 0. The maximum Gasteiger partial charge on any atom is 0.00953 e. The molecule has 2 aliphatic rings. The van der Waals surface area contributed by atoms with Gasteiger partial charge in [0.05, 0.1) is 0 Å².